The lowest BCUT2D eigenvalue weighted by Crippen LogP contribution is -2.45. The highest BCUT2D eigenvalue weighted by molar-refractivity contribution is 14.0. The van der Waals surface area contributed by atoms with Crippen molar-refractivity contribution in [3.63, 3.8) is 0 Å². The van der Waals surface area contributed by atoms with Gasteiger partial charge in [-0.25, -0.2) is 0 Å². The number of benzene rings is 1. The van der Waals surface area contributed by atoms with E-state index in [1.165, 1.54) is 42.8 Å². The Balaban J connectivity index is 0.00000272. The molecule has 4 rings (SSSR count). The van der Waals surface area contributed by atoms with E-state index in [1.807, 2.05) is 18.4 Å². The number of hydrogen-bond acceptors (Lipinski definition) is 4. The largest absolute Gasteiger partial charge is 0.373 e. The van der Waals surface area contributed by atoms with Crippen LogP contribution >= 0.6 is 35.3 Å². The van der Waals surface area contributed by atoms with Crippen LogP contribution in [0.5, 0.6) is 0 Å². The van der Waals surface area contributed by atoms with Crippen molar-refractivity contribution in [1.29, 1.82) is 0 Å². The maximum absolute atomic E-state index is 6.15. The van der Waals surface area contributed by atoms with Crippen LogP contribution in [0.4, 0.5) is 0 Å². The molecule has 3 unspecified atom stereocenters. The Bertz CT molecular complexity index is 780. The second-order valence-corrected chi connectivity index (χ2v) is 9.19. The maximum atomic E-state index is 6.15. The fourth-order valence-corrected chi connectivity index (χ4v) is 5.51. The number of hydrogen-bond donors (Lipinski definition) is 2. The Kier molecular flexibility index (Phi) is 10.1. The van der Waals surface area contributed by atoms with Crippen LogP contribution in [-0.2, 0) is 4.74 Å². The summed E-state index contributed by atoms with van der Waals surface area (Å²) in [5.41, 5.74) is 1.28. The number of aliphatic imine (C=N–C) groups is 1. The van der Waals surface area contributed by atoms with E-state index in [0.717, 1.165) is 32.1 Å². The van der Waals surface area contributed by atoms with E-state index in [2.05, 4.69) is 68.4 Å². The van der Waals surface area contributed by atoms with E-state index in [4.69, 9.17) is 4.74 Å². The smallest absolute Gasteiger partial charge is 0.191 e. The lowest BCUT2D eigenvalue weighted by Gasteiger charge is -2.33. The van der Waals surface area contributed by atoms with Crippen LogP contribution in [0.2, 0.25) is 0 Å². The number of halogens is 1. The molecule has 1 aromatic carbocycles. The van der Waals surface area contributed by atoms with Crippen molar-refractivity contribution in [1.82, 2.24) is 15.5 Å². The molecule has 0 aliphatic carbocycles. The van der Waals surface area contributed by atoms with Crippen molar-refractivity contribution in [3.05, 3.63) is 58.3 Å². The van der Waals surface area contributed by atoms with Crippen molar-refractivity contribution in [2.45, 2.75) is 37.8 Å². The summed E-state index contributed by atoms with van der Waals surface area (Å²) in [6, 6.07) is 15.5. The molecule has 31 heavy (non-hydrogen) atoms. The first-order valence-electron chi connectivity index (χ1n) is 11.2. The van der Waals surface area contributed by atoms with Gasteiger partial charge in [0.25, 0.3) is 0 Å². The molecule has 1 aromatic heterocycles. The molecule has 2 fully saturated rings. The van der Waals surface area contributed by atoms with Crippen LogP contribution in [0.3, 0.4) is 0 Å². The number of ether oxygens (including phenoxy) is 1. The zero-order chi connectivity index (χ0) is 20.6. The second kappa shape index (κ2) is 12.8. The highest BCUT2D eigenvalue weighted by Gasteiger charge is 2.28. The number of nitrogens with zero attached hydrogens (tertiary/aromatic N) is 2. The van der Waals surface area contributed by atoms with Gasteiger partial charge in [-0.2, -0.15) is 0 Å². The van der Waals surface area contributed by atoms with Crippen LogP contribution < -0.4 is 10.6 Å². The molecule has 2 aromatic rings. The summed E-state index contributed by atoms with van der Waals surface area (Å²) in [7, 11) is 1.86. The number of likely N-dealkylation sites (tertiary alicyclic amines) is 1. The molecule has 0 saturated carbocycles. The van der Waals surface area contributed by atoms with Gasteiger partial charge in [0.05, 0.1) is 12.1 Å². The minimum absolute atomic E-state index is 0. The Labute approximate surface area is 207 Å². The van der Waals surface area contributed by atoms with E-state index in [9.17, 15) is 0 Å². The van der Waals surface area contributed by atoms with Gasteiger partial charge < -0.3 is 15.4 Å². The summed E-state index contributed by atoms with van der Waals surface area (Å²) < 4.78 is 6.15. The normalized spacial score (nSPS) is 23.2. The number of guanidine groups is 1. The second-order valence-electron chi connectivity index (χ2n) is 8.21. The third-order valence-corrected chi connectivity index (χ3v) is 7.22. The van der Waals surface area contributed by atoms with Crippen LogP contribution in [-0.4, -0.2) is 50.7 Å². The molecule has 2 aliphatic rings. The lowest BCUT2D eigenvalue weighted by atomic mass is 9.89. The number of nitrogens with one attached hydrogen (secondary N) is 2. The third kappa shape index (κ3) is 6.66. The lowest BCUT2D eigenvalue weighted by molar-refractivity contribution is -0.0265. The highest BCUT2D eigenvalue weighted by atomic mass is 127. The van der Waals surface area contributed by atoms with Crippen molar-refractivity contribution in [2.24, 2.45) is 10.9 Å². The van der Waals surface area contributed by atoms with Crippen molar-refractivity contribution >= 4 is 41.3 Å². The molecule has 7 heteroatoms. The first-order valence-corrected chi connectivity index (χ1v) is 12.1. The van der Waals surface area contributed by atoms with Crippen LogP contribution in [0.25, 0.3) is 0 Å². The Morgan fingerprint density at radius 2 is 1.94 bits per heavy atom. The average molecular weight is 555 g/mol. The molecule has 170 valence electrons. The summed E-state index contributed by atoms with van der Waals surface area (Å²) in [6.07, 6.45) is 5.06. The third-order valence-electron chi connectivity index (χ3n) is 6.24. The minimum atomic E-state index is 0. The van der Waals surface area contributed by atoms with Gasteiger partial charge in [-0.15, -0.1) is 35.3 Å². The molecule has 0 bridgehead atoms. The minimum Gasteiger partial charge on any atom is -0.373 e. The van der Waals surface area contributed by atoms with E-state index < -0.39 is 0 Å². The summed E-state index contributed by atoms with van der Waals surface area (Å²) >= 11 is 1.85. The molecule has 0 amide bonds. The van der Waals surface area contributed by atoms with Crippen LogP contribution in [0.15, 0.2) is 52.8 Å². The van der Waals surface area contributed by atoms with Crippen molar-refractivity contribution < 1.29 is 4.74 Å². The zero-order valence-corrected chi connectivity index (χ0v) is 21.5. The fraction of sp³-hybridized carbons (Fsp3) is 0.542. The predicted octanol–water partition coefficient (Wildman–Crippen LogP) is 4.84. The zero-order valence-electron chi connectivity index (χ0n) is 18.3. The van der Waals surface area contributed by atoms with Gasteiger partial charge in [0.2, 0.25) is 0 Å². The van der Waals surface area contributed by atoms with E-state index >= 15 is 0 Å². The summed E-state index contributed by atoms with van der Waals surface area (Å²) in [6.45, 7) is 4.97. The number of thiophene rings is 1. The Morgan fingerprint density at radius 1 is 1.13 bits per heavy atom. The maximum Gasteiger partial charge on any atom is 0.191 e. The highest BCUT2D eigenvalue weighted by Crippen LogP contribution is 2.33. The molecule has 3 atom stereocenters. The first kappa shape index (κ1) is 24.5. The molecule has 0 spiro atoms. The quantitative estimate of drug-likeness (QED) is 0.293. The van der Waals surface area contributed by atoms with Gasteiger partial charge in [0.1, 0.15) is 0 Å². The van der Waals surface area contributed by atoms with E-state index in [0.29, 0.717) is 12.0 Å². The molecular formula is C24H35IN4OS. The molecule has 2 N–H and O–H groups in total. The monoisotopic (exact) mass is 554 g/mol. The Morgan fingerprint density at radius 3 is 2.65 bits per heavy atom. The van der Waals surface area contributed by atoms with Crippen LogP contribution in [0, 0.1) is 5.92 Å². The van der Waals surface area contributed by atoms with Crippen molar-refractivity contribution in [3.8, 4) is 0 Å². The van der Waals surface area contributed by atoms with Gasteiger partial charge in [0, 0.05) is 37.5 Å². The number of rotatable bonds is 7. The van der Waals surface area contributed by atoms with E-state index in [-0.39, 0.29) is 30.1 Å². The van der Waals surface area contributed by atoms with E-state index in [1.54, 1.807) is 0 Å². The standard InChI is InChI=1S/C24H34N4OS.HI/c1-25-24(27-18-21(22-12-8-16-30-22)28-13-5-6-14-28)26-17-20-11-7-15-29-23(20)19-9-3-2-4-10-19;/h2-4,8-10,12,16,20-21,23H,5-7,11,13-15,17-18H2,1H3,(H2,25,26,27);1H. The topological polar surface area (TPSA) is 48.9 Å². The van der Waals surface area contributed by atoms with Gasteiger partial charge in [-0.3, -0.25) is 9.89 Å². The summed E-state index contributed by atoms with van der Waals surface area (Å²) in [5, 5.41) is 9.34. The van der Waals surface area contributed by atoms with Gasteiger partial charge >= 0.3 is 0 Å². The molecule has 2 aliphatic heterocycles. The predicted molar refractivity (Wildman–Crippen MR) is 141 cm³/mol. The summed E-state index contributed by atoms with van der Waals surface area (Å²) in [5.74, 6) is 1.33. The molecule has 0 radical (unpaired) electrons. The fourth-order valence-electron chi connectivity index (χ4n) is 4.65. The average Bonchev–Trinajstić information content (AvgIpc) is 3.52. The van der Waals surface area contributed by atoms with Gasteiger partial charge in [0.15, 0.2) is 5.96 Å². The van der Waals surface area contributed by atoms with Crippen LogP contribution in [0.1, 0.15) is 48.3 Å². The Hall–Kier alpha value is -1.16. The molecule has 5 nitrogen and oxygen atoms in total. The first-order chi connectivity index (χ1) is 14.8. The molecule has 3 heterocycles. The van der Waals surface area contributed by atoms with Gasteiger partial charge in [-0.05, 0) is 55.8 Å². The van der Waals surface area contributed by atoms with Gasteiger partial charge in [-0.1, -0.05) is 36.4 Å². The summed E-state index contributed by atoms with van der Waals surface area (Å²) in [4.78, 5) is 8.53. The SMILES string of the molecule is CN=C(NCC1CCCOC1c1ccccc1)NCC(c1cccs1)N1CCCC1.I. The molecule has 2 saturated heterocycles. The molecular weight excluding hydrogens is 519 g/mol. The van der Waals surface area contributed by atoms with Crippen molar-refractivity contribution in [2.75, 3.05) is 39.8 Å².